The minimum Gasteiger partial charge on any atom is -0.477 e. The number of ether oxygens (including phenoxy) is 2. The lowest BCUT2D eigenvalue weighted by Gasteiger charge is -2.47. The number of esters is 1. The summed E-state index contributed by atoms with van der Waals surface area (Å²) in [4.78, 5) is 33.1. The van der Waals surface area contributed by atoms with Crippen LogP contribution in [-0.2, 0) is 9.53 Å². The predicted octanol–water partition coefficient (Wildman–Crippen LogP) is 5.88. The zero-order valence-corrected chi connectivity index (χ0v) is 24.0. The number of alkyl halides is 3. The zero-order valence-electron chi connectivity index (χ0n) is 24.0. The monoisotopic (exact) mass is 591 g/mol. The number of pyridine rings is 1. The van der Waals surface area contributed by atoms with E-state index in [2.05, 4.69) is 4.98 Å². The van der Waals surface area contributed by atoms with Gasteiger partial charge < -0.3 is 19.3 Å². The van der Waals surface area contributed by atoms with Crippen molar-refractivity contribution in [2.24, 2.45) is 11.3 Å². The van der Waals surface area contributed by atoms with Crippen LogP contribution >= 0.6 is 0 Å². The lowest BCUT2D eigenvalue weighted by molar-refractivity contribution is -0.256. The van der Waals surface area contributed by atoms with E-state index in [0.29, 0.717) is 56.9 Å². The fraction of sp³-hybridized carbons (Fsp3) is 0.581. The summed E-state index contributed by atoms with van der Waals surface area (Å²) in [6.45, 7) is 3.79. The van der Waals surface area contributed by atoms with Crippen LogP contribution in [-0.4, -0.2) is 78.3 Å². The van der Waals surface area contributed by atoms with Crippen molar-refractivity contribution in [1.82, 2.24) is 14.8 Å². The third kappa shape index (κ3) is 5.85. The number of hydrogen-bond donors (Lipinski definition) is 0. The molecule has 3 fully saturated rings. The molecule has 0 unspecified atom stereocenters. The number of halogens is 4. The molecule has 11 heteroatoms. The van der Waals surface area contributed by atoms with E-state index >= 15 is 4.39 Å². The predicted molar refractivity (Wildman–Crippen MR) is 147 cm³/mol. The van der Waals surface area contributed by atoms with Gasteiger partial charge in [0.1, 0.15) is 11.4 Å². The van der Waals surface area contributed by atoms with Crippen LogP contribution in [0.1, 0.15) is 62.2 Å². The van der Waals surface area contributed by atoms with Gasteiger partial charge in [-0.15, -0.1) is 0 Å². The largest absolute Gasteiger partial charge is 0.477 e. The summed E-state index contributed by atoms with van der Waals surface area (Å²) in [6.07, 6.45) is 1.11. The second-order valence-electron chi connectivity index (χ2n) is 12.1. The Morgan fingerprint density at radius 1 is 1.05 bits per heavy atom. The van der Waals surface area contributed by atoms with Crippen molar-refractivity contribution < 1.29 is 36.6 Å². The molecule has 2 aliphatic heterocycles. The van der Waals surface area contributed by atoms with Crippen LogP contribution < -0.4 is 4.74 Å². The van der Waals surface area contributed by atoms with E-state index in [9.17, 15) is 22.8 Å². The van der Waals surface area contributed by atoms with E-state index < -0.39 is 34.8 Å². The Hall–Kier alpha value is -3.21. The number of rotatable bonds is 8. The molecule has 5 rings (SSSR count). The lowest BCUT2D eigenvalue weighted by Crippen LogP contribution is -2.53. The Morgan fingerprint density at radius 3 is 2.36 bits per heavy atom. The number of benzene rings is 1. The molecule has 0 bridgehead atoms. The van der Waals surface area contributed by atoms with Crippen molar-refractivity contribution in [3.63, 3.8) is 0 Å². The first-order valence-electron chi connectivity index (χ1n) is 14.5. The van der Waals surface area contributed by atoms with Gasteiger partial charge >= 0.3 is 12.1 Å². The number of methoxy groups -OCH3 is 1. The van der Waals surface area contributed by atoms with Crippen LogP contribution in [0.15, 0.2) is 36.5 Å². The summed E-state index contributed by atoms with van der Waals surface area (Å²) >= 11 is 0. The molecule has 1 aromatic carbocycles. The van der Waals surface area contributed by atoms with E-state index in [4.69, 9.17) is 9.47 Å². The number of likely N-dealkylation sites (tertiary alicyclic amines) is 2. The highest BCUT2D eigenvalue weighted by atomic mass is 19.4. The molecule has 1 atom stereocenters. The van der Waals surface area contributed by atoms with Crippen molar-refractivity contribution in [2.45, 2.75) is 63.6 Å². The van der Waals surface area contributed by atoms with Crippen LogP contribution in [0.5, 0.6) is 5.88 Å². The second kappa shape index (κ2) is 11.8. The first-order valence-corrected chi connectivity index (χ1v) is 14.5. The summed E-state index contributed by atoms with van der Waals surface area (Å²) in [5.74, 6) is -0.898. The number of aromatic nitrogens is 1. The summed E-state index contributed by atoms with van der Waals surface area (Å²) in [5.41, 5.74) is -1.67. The first kappa shape index (κ1) is 30.3. The van der Waals surface area contributed by atoms with Crippen molar-refractivity contribution in [3.05, 3.63) is 47.9 Å². The minimum atomic E-state index is -4.15. The molecular formula is C31H37F4N3O4. The Kier molecular flexibility index (Phi) is 8.51. The fourth-order valence-corrected chi connectivity index (χ4v) is 6.46. The quantitative estimate of drug-likeness (QED) is 0.282. The van der Waals surface area contributed by atoms with Gasteiger partial charge in [-0.2, -0.15) is 13.2 Å². The van der Waals surface area contributed by atoms with Crippen LogP contribution in [0.25, 0.3) is 11.1 Å². The molecule has 1 saturated carbocycles. The number of carbonyl (C=O) groups excluding carboxylic acids is 2. The molecule has 1 aromatic heterocycles. The third-order valence-electron chi connectivity index (χ3n) is 9.39. The molecular weight excluding hydrogens is 554 g/mol. The Morgan fingerprint density at radius 2 is 1.79 bits per heavy atom. The van der Waals surface area contributed by atoms with Gasteiger partial charge in [0.25, 0.3) is 5.91 Å². The normalized spacial score (nSPS) is 23.0. The molecule has 0 radical (unpaired) electrons. The molecule has 0 spiro atoms. The van der Waals surface area contributed by atoms with E-state index in [1.54, 1.807) is 19.1 Å². The molecule has 228 valence electrons. The highest BCUT2D eigenvalue weighted by Gasteiger charge is 2.58. The molecule has 3 aliphatic rings. The molecule has 7 nitrogen and oxygen atoms in total. The van der Waals surface area contributed by atoms with Gasteiger partial charge in [0.15, 0.2) is 0 Å². The first-order chi connectivity index (χ1) is 20.0. The van der Waals surface area contributed by atoms with Crippen LogP contribution in [0.3, 0.4) is 0 Å². The van der Waals surface area contributed by atoms with Gasteiger partial charge in [0.05, 0.1) is 19.1 Å². The van der Waals surface area contributed by atoms with Crippen LogP contribution in [0, 0.1) is 17.2 Å². The summed E-state index contributed by atoms with van der Waals surface area (Å²) in [5, 5.41) is 0. The smallest absolute Gasteiger partial charge is 0.395 e. The van der Waals surface area contributed by atoms with Crippen molar-refractivity contribution >= 4 is 11.9 Å². The highest BCUT2D eigenvalue weighted by Crippen LogP contribution is 2.53. The minimum absolute atomic E-state index is 0.0872. The molecule has 2 aromatic rings. The maximum Gasteiger partial charge on any atom is 0.395 e. The van der Waals surface area contributed by atoms with E-state index in [-0.39, 0.29) is 36.4 Å². The van der Waals surface area contributed by atoms with Gasteiger partial charge in [0.2, 0.25) is 5.88 Å². The average molecular weight is 592 g/mol. The molecule has 0 N–H and O–H groups in total. The fourth-order valence-electron chi connectivity index (χ4n) is 6.46. The standard InChI is InChI=1S/C31H37F4N3O4/c1-29(28(40)41-2)11-4-14-38(29)27(39)22-5-7-24(25(32)17-22)23-6-8-26(36-18-23)42-19-21-9-15-37(16-10-21)20-30(12-3-13-30)31(33,34)35/h5-8,17-18,21H,3-4,9-16,19-20H2,1-2H3/t29-/m0/s1. The zero-order chi connectivity index (χ0) is 30.1. The van der Waals surface area contributed by atoms with Crippen molar-refractivity contribution in [2.75, 3.05) is 39.9 Å². The van der Waals surface area contributed by atoms with Crippen molar-refractivity contribution in [1.29, 1.82) is 0 Å². The van der Waals surface area contributed by atoms with E-state index in [1.165, 1.54) is 36.4 Å². The maximum atomic E-state index is 15.1. The summed E-state index contributed by atoms with van der Waals surface area (Å²) in [6, 6.07) is 7.57. The second-order valence-corrected chi connectivity index (χ2v) is 12.1. The Bertz CT molecular complexity index is 1290. The number of amides is 1. The summed E-state index contributed by atoms with van der Waals surface area (Å²) in [7, 11) is 1.28. The van der Waals surface area contributed by atoms with Crippen molar-refractivity contribution in [3.8, 4) is 17.0 Å². The van der Waals surface area contributed by atoms with Crippen LogP contribution in [0.4, 0.5) is 17.6 Å². The van der Waals surface area contributed by atoms with Gasteiger partial charge in [-0.1, -0.05) is 12.5 Å². The number of piperidine rings is 1. The van der Waals surface area contributed by atoms with Gasteiger partial charge in [0, 0.05) is 42.0 Å². The van der Waals surface area contributed by atoms with E-state index in [1.807, 2.05) is 4.90 Å². The molecule has 42 heavy (non-hydrogen) atoms. The van der Waals surface area contributed by atoms with Gasteiger partial charge in [-0.25, -0.2) is 14.2 Å². The Labute approximate surface area is 243 Å². The van der Waals surface area contributed by atoms with Gasteiger partial charge in [-0.3, -0.25) is 4.79 Å². The molecule has 3 heterocycles. The highest BCUT2D eigenvalue weighted by molar-refractivity contribution is 5.98. The molecule has 1 aliphatic carbocycles. The number of hydrogen-bond acceptors (Lipinski definition) is 6. The topological polar surface area (TPSA) is 72.0 Å². The number of carbonyl (C=O) groups is 2. The summed E-state index contributed by atoms with van der Waals surface area (Å²) < 4.78 is 66.4. The van der Waals surface area contributed by atoms with Gasteiger partial charge in [-0.05, 0) is 82.7 Å². The lowest BCUT2D eigenvalue weighted by atomic mass is 9.67. The average Bonchev–Trinajstić information content (AvgIpc) is 3.35. The van der Waals surface area contributed by atoms with E-state index in [0.717, 1.165) is 12.8 Å². The Balaban J connectivity index is 1.14. The molecule has 1 amide bonds. The van der Waals surface area contributed by atoms with Crippen LogP contribution in [0.2, 0.25) is 0 Å². The molecule has 2 saturated heterocycles. The number of nitrogens with zero attached hydrogens (tertiary/aromatic N) is 3. The maximum absolute atomic E-state index is 15.1. The SMILES string of the molecule is COC(=O)[C@]1(C)CCCN1C(=O)c1ccc(-c2ccc(OCC3CCN(CC4(C(F)(F)F)CCC4)CC3)nc2)c(F)c1. The third-order valence-corrected chi connectivity index (χ3v) is 9.39.